The number of carbonyl (C=O) groups is 1. The summed E-state index contributed by atoms with van der Waals surface area (Å²) in [6.07, 6.45) is 1.62. The molecule has 3 aromatic rings. The van der Waals surface area contributed by atoms with E-state index in [0.29, 0.717) is 23.8 Å². The van der Waals surface area contributed by atoms with Crippen molar-refractivity contribution < 1.29 is 17.7 Å². The van der Waals surface area contributed by atoms with Gasteiger partial charge < -0.3 is 9.84 Å². The normalized spacial score (nSPS) is 11.3. The first-order valence-electron chi connectivity index (χ1n) is 7.90. The van der Waals surface area contributed by atoms with Gasteiger partial charge in [0, 0.05) is 30.3 Å². The van der Waals surface area contributed by atoms with Crippen LogP contribution in [0, 0.1) is 0 Å². The van der Waals surface area contributed by atoms with Crippen molar-refractivity contribution >= 4 is 21.4 Å². The number of nitrogens with zero attached hydrogens (tertiary/aromatic N) is 2. The Bertz CT molecular complexity index is 996. The van der Waals surface area contributed by atoms with Crippen molar-refractivity contribution in [1.29, 1.82) is 0 Å². The lowest BCUT2D eigenvalue weighted by molar-refractivity contribution is -0.116. The van der Waals surface area contributed by atoms with Crippen LogP contribution >= 0.6 is 0 Å². The zero-order valence-electron chi connectivity index (χ0n) is 14.0. The Labute approximate surface area is 151 Å². The molecule has 1 amide bonds. The number of rotatable bonds is 6. The number of sulfone groups is 1. The summed E-state index contributed by atoms with van der Waals surface area (Å²) in [5.74, 6) is 0.639. The van der Waals surface area contributed by atoms with Crippen LogP contribution in [0.5, 0.6) is 0 Å². The van der Waals surface area contributed by atoms with Gasteiger partial charge in [0.15, 0.2) is 9.84 Å². The van der Waals surface area contributed by atoms with Crippen LogP contribution in [0.1, 0.15) is 12.3 Å². The van der Waals surface area contributed by atoms with Crippen molar-refractivity contribution in [2.45, 2.75) is 17.7 Å². The first kappa shape index (κ1) is 17.8. The van der Waals surface area contributed by atoms with Gasteiger partial charge in [-0.05, 0) is 24.3 Å². The number of aromatic nitrogens is 2. The smallest absolute Gasteiger partial charge is 0.227 e. The maximum absolute atomic E-state index is 12.0. The first-order chi connectivity index (χ1) is 12.4. The fourth-order valence-electron chi connectivity index (χ4n) is 2.29. The highest BCUT2D eigenvalue weighted by molar-refractivity contribution is 7.90. The predicted octanol–water partition coefficient (Wildman–Crippen LogP) is 2.71. The molecule has 0 spiro atoms. The molecule has 1 N–H and O–H groups in total. The van der Waals surface area contributed by atoms with E-state index in [-0.39, 0.29) is 17.2 Å². The van der Waals surface area contributed by atoms with Crippen molar-refractivity contribution in [3.05, 3.63) is 60.5 Å². The molecule has 0 unspecified atom stereocenters. The summed E-state index contributed by atoms with van der Waals surface area (Å²) in [6.45, 7) is 0. The second-order valence-electron chi connectivity index (χ2n) is 5.72. The summed E-state index contributed by atoms with van der Waals surface area (Å²) < 4.78 is 28.0. The van der Waals surface area contributed by atoms with Gasteiger partial charge >= 0.3 is 0 Å². The van der Waals surface area contributed by atoms with Crippen molar-refractivity contribution in [1.82, 2.24) is 10.1 Å². The van der Waals surface area contributed by atoms with E-state index in [1.165, 1.54) is 12.1 Å². The average Bonchev–Trinajstić information content (AvgIpc) is 3.09. The number of amides is 1. The van der Waals surface area contributed by atoms with Gasteiger partial charge in [0.2, 0.25) is 17.6 Å². The molecule has 0 radical (unpaired) electrons. The molecule has 0 fully saturated rings. The standard InChI is InChI=1S/C18H17N3O4S/c1-26(23,24)15-9-7-14(8-10-15)19-16(22)11-12-17-20-18(21-25-17)13-5-3-2-4-6-13/h2-10H,11-12H2,1H3,(H,19,22). The predicted molar refractivity (Wildman–Crippen MR) is 96.2 cm³/mol. The topological polar surface area (TPSA) is 102 Å². The Morgan fingerprint density at radius 1 is 1.08 bits per heavy atom. The number of benzene rings is 2. The molecule has 134 valence electrons. The first-order valence-corrected chi connectivity index (χ1v) is 9.79. The summed E-state index contributed by atoms with van der Waals surface area (Å²) in [7, 11) is -3.26. The van der Waals surface area contributed by atoms with E-state index in [9.17, 15) is 13.2 Å². The molecule has 1 aromatic heterocycles. The van der Waals surface area contributed by atoms with E-state index in [2.05, 4.69) is 15.5 Å². The molecule has 1 heterocycles. The number of hydrogen-bond donors (Lipinski definition) is 1. The zero-order chi connectivity index (χ0) is 18.6. The molecule has 7 nitrogen and oxygen atoms in total. The maximum atomic E-state index is 12.0. The van der Waals surface area contributed by atoms with Gasteiger partial charge in [0.05, 0.1) is 4.90 Å². The minimum atomic E-state index is -3.26. The summed E-state index contributed by atoms with van der Waals surface area (Å²) >= 11 is 0. The maximum Gasteiger partial charge on any atom is 0.227 e. The third kappa shape index (κ3) is 4.54. The fourth-order valence-corrected chi connectivity index (χ4v) is 2.92. The van der Waals surface area contributed by atoms with Crippen LogP contribution in [0.15, 0.2) is 64.0 Å². The minimum absolute atomic E-state index is 0.171. The Morgan fingerprint density at radius 2 is 1.77 bits per heavy atom. The van der Waals surface area contributed by atoms with Gasteiger partial charge in [-0.2, -0.15) is 4.98 Å². The lowest BCUT2D eigenvalue weighted by atomic mass is 10.2. The summed E-state index contributed by atoms with van der Waals surface area (Å²) in [5.41, 5.74) is 1.37. The highest BCUT2D eigenvalue weighted by Crippen LogP contribution is 2.16. The molecular weight excluding hydrogens is 354 g/mol. The number of carbonyl (C=O) groups excluding carboxylic acids is 1. The van der Waals surface area contributed by atoms with E-state index < -0.39 is 9.84 Å². The average molecular weight is 371 g/mol. The number of aryl methyl sites for hydroxylation is 1. The van der Waals surface area contributed by atoms with Crippen molar-refractivity contribution in [2.75, 3.05) is 11.6 Å². The SMILES string of the molecule is CS(=O)(=O)c1ccc(NC(=O)CCc2nc(-c3ccccc3)no2)cc1. The highest BCUT2D eigenvalue weighted by atomic mass is 32.2. The van der Waals surface area contributed by atoms with Gasteiger partial charge in [0.1, 0.15) is 0 Å². The lowest BCUT2D eigenvalue weighted by Gasteiger charge is -2.05. The van der Waals surface area contributed by atoms with Gasteiger partial charge in [-0.3, -0.25) is 4.79 Å². The highest BCUT2D eigenvalue weighted by Gasteiger charge is 2.11. The van der Waals surface area contributed by atoms with Crippen LogP contribution in [0.2, 0.25) is 0 Å². The zero-order valence-corrected chi connectivity index (χ0v) is 14.9. The molecule has 2 aromatic carbocycles. The van der Waals surface area contributed by atoms with E-state index in [0.717, 1.165) is 11.8 Å². The monoisotopic (exact) mass is 371 g/mol. The van der Waals surface area contributed by atoms with Crippen molar-refractivity contribution in [3.63, 3.8) is 0 Å². The molecule has 0 saturated heterocycles. The van der Waals surface area contributed by atoms with Gasteiger partial charge in [-0.25, -0.2) is 8.42 Å². The molecule has 26 heavy (non-hydrogen) atoms. The van der Waals surface area contributed by atoms with Crippen LogP contribution in [0.3, 0.4) is 0 Å². The molecule has 0 aliphatic rings. The quantitative estimate of drug-likeness (QED) is 0.715. The van der Waals surface area contributed by atoms with E-state index in [1.807, 2.05) is 30.3 Å². The number of nitrogens with one attached hydrogen (secondary N) is 1. The van der Waals surface area contributed by atoms with Crippen LogP contribution < -0.4 is 5.32 Å². The van der Waals surface area contributed by atoms with Crippen LogP contribution in [0.25, 0.3) is 11.4 Å². The second kappa shape index (κ2) is 7.49. The second-order valence-corrected chi connectivity index (χ2v) is 7.74. The van der Waals surface area contributed by atoms with Crippen molar-refractivity contribution in [3.8, 4) is 11.4 Å². The third-order valence-corrected chi connectivity index (χ3v) is 4.76. The summed E-state index contributed by atoms with van der Waals surface area (Å²) in [5, 5.41) is 6.61. The number of anilines is 1. The molecule has 3 rings (SSSR count). The fraction of sp³-hybridized carbons (Fsp3) is 0.167. The van der Waals surface area contributed by atoms with E-state index >= 15 is 0 Å². The molecule has 0 aliphatic carbocycles. The van der Waals surface area contributed by atoms with Gasteiger partial charge in [0.25, 0.3) is 0 Å². The van der Waals surface area contributed by atoms with E-state index in [1.54, 1.807) is 12.1 Å². The summed E-state index contributed by atoms with van der Waals surface area (Å²) in [4.78, 5) is 16.5. The molecular formula is C18H17N3O4S. The molecule has 0 saturated carbocycles. The molecule has 0 atom stereocenters. The van der Waals surface area contributed by atoms with E-state index in [4.69, 9.17) is 4.52 Å². The lowest BCUT2D eigenvalue weighted by Crippen LogP contribution is -2.12. The molecule has 0 bridgehead atoms. The van der Waals surface area contributed by atoms with Gasteiger partial charge in [-0.1, -0.05) is 35.5 Å². The molecule has 0 aliphatic heterocycles. The molecule has 8 heteroatoms. The van der Waals surface area contributed by atoms with Crippen LogP contribution in [-0.2, 0) is 21.1 Å². The Kier molecular flexibility index (Phi) is 5.13. The number of hydrogen-bond acceptors (Lipinski definition) is 6. The van der Waals surface area contributed by atoms with Gasteiger partial charge in [-0.15, -0.1) is 0 Å². The Hall–Kier alpha value is -3.00. The summed E-state index contributed by atoms with van der Waals surface area (Å²) in [6, 6.07) is 15.4. The van der Waals surface area contributed by atoms with Crippen LogP contribution in [0.4, 0.5) is 5.69 Å². The Morgan fingerprint density at radius 3 is 2.42 bits per heavy atom. The van der Waals surface area contributed by atoms with Crippen molar-refractivity contribution in [2.24, 2.45) is 0 Å². The third-order valence-electron chi connectivity index (χ3n) is 3.63. The Balaban J connectivity index is 1.55. The largest absolute Gasteiger partial charge is 0.339 e. The minimum Gasteiger partial charge on any atom is -0.339 e. The van der Waals surface area contributed by atoms with Crippen LogP contribution in [-0.4, -0.2) is 30.7 Å².